The second-order valence-electron chi connectivity index (χ2n) is 8.98. The Labute approximate surface area is 204 Å². The van der Waals surface area contributed by atoms with Crippen molar-refractivity contribution in [2.75, 3.05) is 11.9 Å². The molecule has 0 bridgehead atoms. The molecule has 2 atom stereocenters. The number of aliphatic hydroxyl groups is 2. The Kier molecular flexibility index (Phi) is 6.66. The number of benzene rings is 2. The first-order chi connectivity index (χ1) is 17.1. The van der Waals surface area contributed by atoms with Crippen LogP contribution in [0.2, 0.25) is 0 Å². The van der Waals surface area contributed by atoms with Gasteiger partial charge in [-0.05, 0) is 54.5 Å². The van der Waals surface area contributed by atoms with Crippen molar-refractivity contribution in [1.82, 2.24) is 19.5 Å². The summed E-state index contributed by atoms with van der Waals surface area (Å²) >= 11 is 0. The zero-order valence-electron chi connectivity index (χ0n) is 19.6. The first-order valence-corrected chi connectivity index (χ1v) is 11.9. The molecule has 1 aliphatic carbocycles. The lowest BCUT2D eigenvalue weighted by Gasteiger charge is -2.36. The fourth-order valence-corrected chi connectivity index (χ4v) is 4.52. The molecule has 0 saturated heterocycles. The molecule has 4 aromatic rings. The van der Waals surface area contributed by atoms with Crippen LogP contribution in [0.5, 0.6) is 0 Å². The summed E-state index contributed by atoms with van der Waals surface area (Å²) in [5.74, 6) is 8.14. The van der Waals surface area contributed by atoms with Gasteiger partial charge in [-0.25, -0.2) is 9.97 Å². The second kappa shape index (κ2) is 10.2. The lowest BCUT2D eigenvalue weighted by Crippen LogP contribution is -2.34. The lowest BCUT2D eigenvalue weighted by atomic mass is 9.75. The number of rotatable bonds is 7. The minimum absolute atomic E-state index is 0.159. The predicted octanol–water partition coefficient (Wildman–Crippen LogP) is 4.27. The molecule has 0 radical (unpaired) electrons. The van der Waals surface area contributed by atoms with E-state index < -0.39 is 12.1 Å². The number of H-pyrrole nitrogens is 1. The Bertz CT molecular complexity index is 1290. The Morgan fingerprint density at radius 2 is 1.77 bits per heavy atom. The smallest absolute Gasteiger partial charge is 0.200 e. The van der Waals surface area contributed by atoms with Crippen LogP contribution in [0.4, 0.5) is 5.95 Å². The van der Waals surface area contributed by atoms with Crippen LogP contribution in [0.15, 0.2) is 73.3 Å². The van der Waals surface area contributed by atoms with Crippen molar-refractivity contribution >= 4 is 5.95 Å². The van der Waals surface area contributed by atoms with E-state index in [1.807, 2.05) is 18.3 Å². The van der Waals surface area contributed by atoms with Crippen LogP contribution in [0.25, 0.3) is 11.1 Å². The molecule has 7 heteroatoms. The normalized spacial score (nSPS) is 18.7. The summed E-state index contributed by atoms with van der Waals surface area (Å²) < 4.78 is 1.71. The molecule has 0 aliphatic heterocycles. The maximum Gasteiger partial charge on any atom is 0.200 e. The van der Waals surface area contributed by atoms with E-state index in [9.17, 15) is 10.2 Å². The maximum absolute atomic E-state index is 9.87. The van der Waals surface area contributed by atoms with Crippen LogP contribution in [-0.4, -0.2) is 42.4 Å². The van der Waals surface area contributed by atoms with Crippen molar-refractivity contribution in [3.8, 4) is 23.0 Å². The molecule has 4 N–H and O–H groups in total. The van der Waals surface area contributed by atoms with Gasteiger partial charge in [-0.3, -0.25) is 0 Å². The van der Waals surface area contributed by atoms with Gasteiger partial charge in [-0.2, -0.15) is 0 Å². The highest BCUT2D eigenvalue weighted by molar-refractivity contribution is 5.65. The molecule has 1 fully saturated rings. The van der Waals surface area contributed by atoms with Crippen LogP contribution in [0, 0.1) is 11.8 Å². The molecule has 0 amide bonds. The standard InChI is InChI=1S/C28H29N5O2/c1-19(35)27-29-14-15-33(27)26(18-34)11-4-20-2-5-21(6-3-20)22-7-9-23(10-8-22)24-16-25(17-24)32-28-30-12-13-31-28/h2-3,5-10,12-15,19,24-26,34-35H,16-18H2,1H3,(H2,30,31,32)/t19-,24?,25?,26-/m0/s1. The number of nitrogens with one attached hydrogen (secondary N) is 2. The van der Waals surface area contributed by atoms with Crippen molar-refractivity contribution < 1.29 is 10.2 Å². The molecule has 7 nitrogen and oxygen atoms in total. The Morgan fingerprint density at radius 1 is 1.06 bits per heavy atom. The zero-order valence-corrected chi connectivity index (χ0v) is 19.6. The lowest BCUT2D eigenvalue weighted by molar-refractivity contribution is 0.176. The first-order valence-electron chi connectivity index (χ1n) is 11.9. The van der Waals surface area contributed by atoms with Crippen LogP contribution in [0.3, 0.4) is 0 Å². The van der Waals surface area contributed by atoms with Crippen LogP contribution >= 0.6 is 0 Å². The summed E-state index contributed by atoms with van der Waals surface area (Å²) in [5, 5.41) is 23.1. The molecule has 1 saturated carbocycles. The van der Waals surface area contributed by atoms with Gasteiger partial charge in [0, 0.05) is 36.4 Å². The summed E-state index contributed by atoms with van der Waals surface area (Å²) in [6, 6.07) is 16.9. The number of aromatic amines is 1. The van der Waals surface area contributed by atoms with E-state index in [1.165, 1.54) is 11.1 Å². The number of hydrogen-bond donors (Lipinski definition) is 4. The van der Waals surface area contributed by atoms with E-state index in [4.69, 9.17) is 0 Å². The average molecular weight is 468 g/mol. The minimum Gasteiger partial charge on any atom is -0.393 e. The Balaban J connectivity index is 1.20. The van der Waals surface area contributed by atoms with Crippen molar-refractivity contribution in [3.05, 3.63) is 90.3 Å². The van der Waals surface area contributed by atoms with Crippen LogP contribution in [-0.2, 0) is 0 Å². The monoisotopic (exact) mass is 467 g/mol. The summed E-state index contributed by atoms with van der Waals surface area (Å²) in [6.45, 7) is 1.49. The molecule has 5 rings (SSSR count). The summed E-state index contributed by atoms with van der Waals surface area (Å²) in [7, 11) is 0. The fourth-order valence-electron chi connectivity index (χ4n) is 4.52. The molecule has 1 aliphatic rings. The maximum atomic E-state index is 9.87. The van der Waals surface area contributed by atoms with Crippen molar-refractivity contribution in [3.63, 3.8) is 0 Å². The minimum atomic E-state index is -0.726. The third kappa shape index (κ3) is 5.14. The van der Waals surface area contributed by atoms with E-state index in [2.05, 4.69) is 68.5 Å². The van der Waals surface area contributed by atoms with Gasteiger partial charge < -0.3 is 25.1 Å². The van der Waals surface area contributed by atoms with Gasteiger partial charge >= 0.3 is 0 Å². The number of aliphatic hydroxyl groups excluding tert-OH is 2. The van der Waals surface area contributed by atoms with Gasteiger partial charge in [0.15, 0.2) is 5.95 Å². The van der Waals surface area contributed by atoms with Crippen molar-refractivity contribution in [1.29, 1.82) is 0 Å². The molecule has 0 unspecified atom stereocenters. The SMILES string of the molecule is C[C@H](O)c1nccn1[C@@H](C#Cc1ccc(-c2ccc(C3CC(Nc4ncc[nH]4)C3)cc2)cc1)CO. The van der Waals surface area contributed by atoms with Gasteiger partial charge in [-0.1, -0.05) is 48.2 Å². The average Bonchev–Trinajstić information content (AvgIpc) is 3.55. The molecule has 178 valence electrons. The predicted molar refractivity (Wildman–Crippen MR) is 136 cm³/mol. The number of nitrogens with zero attached hydrogens (tertiary/aromatic N) is 3. The highest BCUT2D eigenvalue weighted by Crippen LogP contribution is 2.38. The second-order valence-corrected chi connectivity index (χ2v) is 8.98. The highest BCUT2D eigenvalue weighted by atomic mass is 16.3. The Morgan fingerprint density at radius 3 is 2.40 bits per heavy atom. The van der Waals surface area contributed by atoms with Crippen molar-refractivity contribution in [2.24, 2.45) is 0 Å². The van der Waals surface area contributed by atoms with Gasteiger partial charge in [-0.15, -0.1) is 0 Å². The zero-order chi connectivity index (χ0) is 24.2. The largest absolute Gasteiger partial charge is 0.393 e. The van der Waals surface area contributed by atoms with Crippen LogP contribution < -0.4 is 5.32 Å². The number of anilines is 1. The quantitative estimate of drug-likeness (QED) is 0.304. The fraction of sp³-hybridized carbons (Fsp3) is 0.286. The van der Waals surface area contributed by atoms with Crippen molar-refractivity contribution in [2.45, 2.75) is 43.9 Å². The van der Waals surface area contributed by atoms with E-state index in [0.717, 1.165) is 29.9 Å². The molecule has 2 aromatic carbocycles. The van der Waals surface area contributed by atoms with Gasteiger partial charge in [0.2, 0.25) is 0 Å². The summed E-state index contributed by atoms with van der Waals surface area (Å²) in [4.78, 5) is 11.5. The number of hydrogen-bond acceptors (Lipinski definition) is 5. The van der Waals surface area contributed by atoms with E-state index in [-0.39, 0.29) is 6.61 Å². The molecule has 35 heavy (non-hydrogen) atoms. The number of aromatic nitrogens is 4. The van der Waals surface area contributed by atoms with Gasteiger partial charge in [0.1, 0.15) is 18.0 Å². The summed E-state index contributed by atoms with van der Waals surface area (Å²) in [5.41, 5.74) is 4.55. The Hall–Kier alpha value is -3.86. The molecule has 2 aromatic heterocycles. The van der Waals surface area contributed by atoms with E-state index in [0.29, 0.717) is 17.8 Å². The molecule has 2 heterocycles. The topological polar surface area (TPSA) is 99.0 Å². The third-order valence-corrected chi connectivity index (χ3v) is 6.54. The highest BCUT2D eigenvalue weighted by Gasteiger charge is 2.30. The summed E-state index contributed by atoms with van der Waals surface area (Å²) in [6.07, 6.45) is 8.42. The van der Waals surface area contributed by atoms with Gasteiger partial charge in [0.05, 0.1) is 6.61 Å². The van der Waals surface area contributed by atoms with Gasteiger partial charge in [0.25, 0.3) is 0 Å². The van der Waals surface area contributed by atoms with Crippen LogP contribution in [0.1, 0.15) is 54.8 Å². The molecular formula is C28H29N5O2. The molecule has 0 spiro atoms. The number of imidazole rings is 2. The van der Waals surface area contributed by atoms with E-state index in [1.54, 1.807) is 30.1 Å². The third-order valence-electron chi connectivity index (χ3n) is 6.54. The van der Waals surface area contributed by atoms with E-state index >= 15 is 0 Å². The first kappa shape index (κ1) is 22.9. The molecular weight excluding hydrogens is 438 g/mol.